The van der Waals surface area contributed by atoms with Crippen LogP contribution in [0.3, 0.4) is 0 Å². The predicted molar refractivity (Wildman–Crippen MR) is 248 cm³/mol. The summed E-state index contributed by atoms with van der Waals surface area (Å²) in [6.45, 7) is 0. The normalized spacial score (nSPS) is 12.0. The van der Waals surface area contributed by atoms with E-state index in [1.165, 1.54) is 21.5 Å². The van der Waals surface area contributed by atoms with Crippen molar-refractivity contribution in [3.05, 3.63) is 212 Å². The van der Waals surface area contributed by atoms with E-state index < -0.39 is 0 Å². The molecule has 0 radical (unpaired) electrons. The van der Waals surface area contributed by atoms with Gasteiger partial charge in [0.15, 0.2) is 29.0 Å². The van der Waals surface area contributed by atoms with Crippen LogP contribution in [0.4, 0.5) is 17.1 Å². The largest absolute Gasteiger partial charge is 0.453 e. The number of hydrogen-bond donors (Lipinski definition) is 0. The molecule has 286 valence electrons. The van der Waals surface area contributed by atoms with Crippen molar-refractivity contribution in [3.63, 3.8) is 0 Å². The fourth-order valence-corrected chi connectivity index (χ4v) is 8.76. The molecular formula is C55H35N5O. The van der Waals surface area contributed by atoms with E-state index in [4.69, 9.17) is 19.7 Å². The summed E-state index contributed by atoms with van der Waals surface area (Å²) in [4.78, 5) is 17.3. The zero-order chi connectivity index (χ0) is 40.3. The van der Waals surface area contributed by atoms with Crippen molar-refractivity contribution in [1.29, 1.82) is 0 Å². The lowest BCUT2D eigenvalue weighted by Crippen LogP contribution is -2.15. The fourth-order valence-electron chi connectivity index (χ4n) is 8.76. The van der Waals surface area contributed by atoms with Crippen LogP contribution in [0.25, 0.3) is 83.6 Å². The Hall–Kier alpha value is -8.35. The summed E-state index contributed by atoms with van der Waals surface area (Å²) in [5.41, 5.74) is 11.3. The Kier molecular flexibility index (Phi) is 8.06. The Balaban J connectivity index is 1.03. The van der Waals surface area contributed by atoms with Crippen LogP contribution in [0.15, 0.2) is 212 Å². The highest BCUT2D eigenvalue weighted by atomic mass is 16.5. The first-order chi connectivity index (χ1) is 30.2. The number of benzene rings is 9. The molecule has 0 fully saturated rings. The molecule has 61 heavy (non-hydrogen) atoms. The van der Waals surface area contributed by atoms with Crippen molar-refractivity contribution in [2.24, 2.45) is 0 Å². The van der Waals surface area contributed by atoms with Crippen LogP contribution < -0.4 is 9.64 Å². The minimum Gasteiger partial charge on any atom is -0.453 e. The molecule has 3 heterocycles. The molecule has 1 aliphatic heterocycles. The Labute approximate surface area is 352 Å². The van der Waals surface area contributed by atoms with E-state index in [2.05, 4.69) is 149 Å². The maximum Gasteiger partial charge on any atom is 0.164 e. The molecule has 0 unspecified atom stereocenters. The van der Waals surface area contributed by atoms with Crippen LogP contribution in [-0.2, 0) is 0 Å². The molecule has 0 saturated heterocycles. The Morgan fingerprint density at radius 3 is 1.69 bits per heavy atom. The lowest BCUT2D eigenvalue weighted by atomic mass is 9.99. The van der Waals surface area contributed by atoms with E-state index in [0.29, 0.717) is 17.5 Å². The minimum absolute atomic E-state index is 0.617. The third-order valence-electron chi connectivity index (χ3n) is 11.6. The predicted octanol–water partition coefficient (Wildman–Crippen LogP) is 14.4. The maximum absolute atomic E-state index is 6.49. The third-order valence-corrected chi connectivity index (χ3v) is 11.6. The molecule has 2 aromatic heterocycles. The number of aromatic nitrogens is 4. The number of nitrogens with zero attached hydrogens (tertiary/aromatic N) is 5. The van der Waals surface area contributed by atoms with Crippen LogP contribution in [0.2, 0.25) is 0 Å². The van der Waals surface area contributed by atoms with Gasteiger partial charge in [-0.05, 0) is 88.6 Å². The summed E-state index contributed by atoms with van der Waals surface area (Å²) in [6, 6.07) is 74.0. The maximum atomic E-state index is 6.49. The molecule has 9 aromatic carbocycles. The molecule has 0 atom stereocenters. The van der Waals surface area contributed by atoms with Crippen molar-refractivity contribution in [2.45, 2.75) is 0 Å². The number of fused-ring (bicyclic) bond motifs is 7. The van der Waals surface area contributed by atoms with Crippen molar-refractivity contribution in [3.8, 4) is 62.5 Å². The van der Waals surface area contributed by atoms with E-state index in [1.807, 2.05) is 72.8 Å². The standard InChI is InChI=1S/C55H35N5O/c1-4-16-37(17-5-1)53-56-54(38-18-6-2-7-19-38)58-55(57-53)41-20-14-23-43(33-41)60-46-30-28-39(34-45(46)52-44-24-11-10-15-36(44)27-31-48(52)60)40-29-32-51-49(35-40)59(42-21-8-3-9-22-42)47-25-12-13-26-50(47)61-51/h1-35H. The molecule has 6 nitrogen and oxygen atoms in total. The van der Waals surface area contributed by atoms with Crippen molar-refractivity contribution < 1.29 is 4.74 Å². The highest BCUT2D eigenvalue weighted by Crippen LogP contribution is 2.51. The zero-order valence-electron chi connectivity index (χ0n) is 32.9. The van der Waals surface area contributed by atoms with E-state index in [0.717, 1.165) is 73.1 Å². The number of hydrogen-bond acceptors (Lipinski definition) is 5. The molecule has 11 aromatic rings. The fraction of sp³-hybridized carbons (Fsp3) is 0. The summed E-state index contributed by atoms with van der Waals surface area (Å²) in [5.74, 6) is 3.54. The van der Waals surface area contributed by atoms with Gasteiger partial charge in [-0.3, -0.25) is 0 Å². The van der Waals surface area contributed by atoms with Gasteiger partial charge in [0, 0.05) is 38.8 Å². The Bertz CT molecular complexity index is 3400. The van der Waals surface area contributed by atoms with Gasteiger partial charge in [-0.2, -0.15) is 0 Å². The van der Waals surface area contributed by atoms with Crippen LogP contribution >= 0.6 is 0 Å². The summed E-state index contributed by atoms with van der Waals surface area (Å²) in [6.07, 6.45) is 0. The first-order valence-electron chi connectivity index (χ1n) is 20.4. The second-order valence-electron chi connectivity index (χ2n) is 15.3. The molecule has 0 aliphatic carbocycles. The van der Waals surface area contributed by atoms with Crippen LogP contribution in [0, 0.1) is 0 Å². The van der Waals surface area contributed by atoms with Gasteiger partial charge in [0.25, 0.3) is 0 Å². The average molecular weight is 782 g/mol. The van der Waals surface area contributed by atoms with Gasteiger partial charge in [0.05, 0.1) is 22.4 Å². The smallest absolute Gasteiger partial charge is 0.164 e. The van der Waals surface area contributed by atoms with Crippen LogP contribution in [-0.4, -0.2) is 19.5 Å². The third kappa shape index (κ3) is 5.92. The van der Waals surface area contributed by atoms with Gasteiger partial charge in [0.1, 0.15) is 0 Å². The van der Waals surface area contributed by atoms with Crippen molar-refractivity contribution in [1.82, 2.24) is 19.5 Å². The molecule has 0 N–H and O–H groups in total. The molecule has 1 aliphatic rings. The quantitative estimate of drug-likeness (QED) is 0.168. The topological polar surface area (TPSA) is 56.1 Å². The molecular weight excluding hydrogens is 747 g/mol. The number of ether oxygens (including phenoxy) is 1. The lowest BCUT2D eigenvalue weighted by molar-refractivity contribution is 0.477. The minimum atomic E-state index is 0.617. The monoisotopic (exact) mass is 781 g/mol. The second kappa shape index (κ2) is 14.2. The van der Waals surface area contributed by atoms with Crippen molar-refractivity contribution >= 4 is 49.6 Å². The first-order valence-corrected chi connectivity index (χ1v) is 20.4. The van der Waals surface area contributed by atoms with Crippen LogP contribution in [0.1, 0.15) is 0 Å². The summed E-state index contributed by atoms with van der Waals surface area (Å²) in [5, 5.41) is 4.79. The SMILES string of the molecule is c1ccc(-c2nc(-c3ccccc3)nc(-c3cccc(-n4c5ccc(-c6ccc7c(c6)N(c6ccccc6)c6ccccc6O7)cc5c5c6ccccc6ccc54)c3)n2)cc1. The van der Waals surface area contributed by atoms with Crippen molar-refractivity contribution in [2.75, 3.05) is 4.90 Å². The highest BCUT2D eigenvalue weighted by Gasteiger charge is 2.26. The van der Waals surface area contributed by atoms with Gasteiger partial charge >= 0.3 is 0 Å². The van der Waals surface area contributed by atoms with Gasteiger partial charge in [-0.1, -0.05) is 146 Å². The summed E-state index contributed by atoms with van der Waals surface area (Å²) < 4.78 is 8.86. The highest BCUT2D eigenvalue weighted by molar-refractivity contribution is 6.22. The molecule has 6 heteroatoms. The molecule has 0 bridgehead atoms. The van der Waals surface area contributed by atoms with Gasteiger partial charge < -0.3 is 14.2 Å². The summed E-state index contributed by atoms with van der Waals surface area (Å²) >= 11 is 0. The second-order valence-corrected chi connectivity index (χ2v) is 15.3. The van der Waals surface area contributed by atoms with E-state index in [9.17, 15) is 0 Å². The van der Waals surface area contributed by atoms with Crippen LogP contribution in [0.5, 0.6) is 11.5 Å². The van der Waals surface area contributed by atoms with Gasteiger partial charge in [0.2, 0.25) is 0 Å². The Morgan fingerprint density at radius 2 is 0.918 bits per heavy atom. The van der Waals surface area contributed by atoms with E-state index in [-0.39, 0.29) is 0 Å². The zero-order valence-corrected chi connectivity index (χ0v) is 32.9. The van der Waals surface area contributed by atoms with E-state index >= 15 is 0 Å². The molecule has 0 spiro atoms. The van der Waals surface area contributed by atoms with Gasteiger partial charge in [-0.15, -0.1) is 0 Å². The van der Waals surface area contributed by atoms with Gasteiger partial charge in [-0.25, -0.2) is 15.0 Å². The number of rotatable bonds is 6. The first kappa shape index (κ1) is 34.7. The molecule has 0 saturated carbocycles. The lowest BCUT2D eigenvalue weighted by Gasteiger charge is -2.33. The number of anilines is 3. The average Bonchev–Trinajstić information content (AvgIpc) is 3.68. The number of para-hydroxylation sites is 3. The summed E-state index contributed by atoms with van der Waals surface area (Å²) in [7, 11) is 0. The van der Waals surface area contributed by atoms with E-state index in [1.54, 1.807) is 0 Å². The molecule has 0 amide bonds. The molecule has 12 rings (SSSR count). The Morgan fingerprint density at radius 1 is 0.344 bits per heavy atom.